The first-order valence-electron chi connectivity index (χ1n) is 5.79. The van der Waals surface area contributed by atoms with E-state index in [1.807, 2.05) is 0 Å². The topological polar surface area (TPSA) is 57.6 Å². The molecule has 16 heavy (non-hydrogen) atoms. The molecule has 2 rings (SSSR count). The predicted octanol–water partition coefficient (Wildman–Crippen LogP) is 1.23. The molecule has 0 amide bonds. The lowest BCUT2D eigenvalue weighted by Gasteiger charge is -2.29. The van der Waals surface area contributed by atoms with Crippen molar-refractivity contribution in [3.8, 4) is 0 Å². The van der Waals surface area contributed by atoms with Gasteiger partial charge in [0.2, 0.25) is 10.0 Å². The van der Waals surface area contributed by atoms with Crippen LogP contribution in [0.1, 0.15) is 39.0 Å². The van der Waals surface area contributed by atoms with Gasteiger partial charge in [0.05, 0.1) is 4.91 Å². The van der Waals surface area contributed by atoms with Crippen LogP contribution in [0.15, 0.2) is 11.5 Å². The average Bonchev–Trinajstić information content (AvgIpc) is 2.40. The second-order valence-corrected chi connectivity index (χ2v) is 6.95. The molecular formula is C11H19NO3S. The lowest BCUT2D eigenvalue weighted by Crippen LogP contribution is -2.39. The highest BCUT2D eigenvalue weighted by molar-refractivity contribution is 7.93. The molecule has 1 aliphatic carbocycles. The first-order valence-corrected chi connectivity index (χ1v) is 7.23. The molecule has 0 radical (unpaired) electrons. The minimum atomic E-state index is -3.48. The van der Waals surface area contributed by atoms with Gasteiger partial charge in [-0.05, 0) is 19.8 Å². The lowest BCUT2D eigenvalue weighted by atomic mass is 9.95. The molecule has 0 aromatic carbocycles. The highest BCUT2D eigenvalue weighted by Crippen LogP contribution is 2.37. The molecule has 1 aliphatic heterocycles. The van der Waals surface area contributed by atoms with Gasteiger partial charge >= 0.3 is 0 Å². The fourth-order valence-corrected chi connectivity index (χ4v) is 4.52. The van der Waals surface area contributed by atoms with E-state index in [-0.39, 0.29) is 17.5 Å². The van der Waals surface area contributed by atoms with Crippen LogP contribution in [0.3, 0.4) is 0 Å². The molecule has 2 aliphatic rings. The number of sulfonamides is 1. The molecule has 0 bridgehead atoms. The fraction of sp³-hybridized carbons (Fsp3) is 0.818. The van der Waals surface area contributed by atoms with Crippen LogP contribution in [-0.4, -0.2) is 36.0 Å². The summed E-state index contributed by atoms with van der Waals surface area (Å²) in [7, 11) is -3.48. The van der Waals surface area contributed by atoms with Crippen molar-refractivity contribution in [3.05, 3.63) is 11.5 Å². The van der Waals surface area contributed by atoms with Crippen LogP contribution in [-0.2, 0) is 10.0 Å². The molecule has 1 saturated carbocycles. The first-order chi connectivity index (χ1) is 7.36. The van der Waals surface area contributed by atoms with Crippen molar-refractivity contribution in [1.29, 1.82) is 0 Å². The van der Waals surface area contributed by atoms with Gasteiger partial charge in [-0.25, -0.2) is 8.42 Å². The smallest absolute Gasteiger partial charge is 0.241 e. The Morgan fingerprint density at radius 1 is 1.38 bits per heavy atom. The standard InChI is InChI=1S/C11H19NO3S/c1-9-11(2,13)8-12(16(9,14)15)10-6-4-3-5-7-10/h10,13H,1,3-8H2,2H3. The maximum atomic E-state index is 12.1. The van der Waals surface area contributed by atoms with Gasteiger partial charge in [-0.2, -0.15) is 4.31 Å². The Labute approximate surface area is 97.0 Å². The van der Waals surface area contributed by atoms with Crippen molar-refractivity contribution in [2.45, 2.75) is 50.7 Å². The van der Waals surface area contributed by atoms with E-state index in [2.05, 4.69) is 6.58 Å². The van der Waals surface area contributed by atoms with E-state index in [0.717, 1.165) is 25.7 Å². The van der Waals surface area contributed by atoms with Gasteiger partial charge in [0, 0.05) is 12.6 Å². The third kappa shape index (κ3) is 1.81. The van der Waals surface area contributed by atoms with E-state index >= 15 is 0 Å². The van der Waals surface area contributed by atoms with Gasteiger partial charge in [-0.3, -0.25) is 0 Å². The van der Waals surface area contributed by atoms with Crippen molar-refractivity contribution in [1.82, 2.24) is 4.31 Å². The molecule has 0 spiro atoms. The number of aliphatic hydroxyl groups is 1. The van der Waals surface area contributed by atoms with Crippen LogP contribution in [0.2, 0.25) is 0 Å². The van der Waals surface area contributed by atoms with E-state index < -0.39 is 15.6 Å². The Bertz CT molecular complexity index is 393. The Hall–Kier alpha value is -0.390. The zero-order valence-corrected chi connectivity index (χ0v) is 10.5. The summed E-state index contributed by atoms with van der Waals surface area (Å²) in [5.41, 5.74) is -1.30. The van der Waals surface area contributed by atoms with Gasteiger partial charge in [0.25, 0.3) is 0 Å². The third-order valence-electron chi connectivity index (χ3n) is 3.67. The van der Waals surface area contributed by atoms with Crippen LogP contribution in [0.4, 0.5) is 0 Å². The summed E-state index contributed by atoms with van der Waals surface area (Å²) in [6.45, 7) is 5.21. The van der Waals surface area contributed by atoms with Gasteiger partial charge < -0.3 is 5.11 Å². The maximum absolute atomic E-state index is 12.1. The van der Waals surface area contributed by atoms with Gasteiger partial charge in [-0.15, -0.1) is 0 Å². The second kappa shape index (κ2) is 3.82. The molecule has 92 valence electrons. The molecule has 1 heterocycles. The van der Waals surface area contributed by atoms with Crippen LogP contribution in [0.25, 0.3) is 0 Å². The Morgan fingerprint density at radius 2 is 1.94 bits per heavy atom. The summed E-state index contributed by atoms with van der Waals surface area (Å²) in [4.78, 5) is -0.0504. The maximum Gasteiger partial charge on any atom is 0.241 e. The molecule has 1 unspecified atom stereocenters. The van der Waals surface area contributed by atoms with Crippen LogP contribution in [0, 0.1) is 0 Å². The minimum Gasteiger partial charge on any atom is -0.383 e. The zero-order chi connectivity index (χ0) is 12.0. The summed E-state index contributed by atoms with van der Waals surface area (Å²) < 4.78 is 25.6. The van der Waals surface area contributed by atoms with E-state index in [9.17, 15) is 13.5 Å². The Kier molecular flexibility index (Phi) is 2.88. The van der Waals surface area contributed by atoms with Gasteiger partial charge in [0.15, 0.2) is 0 Å². The summed E-state index contributed by atoms with van der Waals surface area (Å²) in [6.07, 6.45) is 5.14. The highest BCUT2D eigenvalue weighted by Gasteiger charge is 2.49. The first kappa shape index (κ1) is 12.1. The van der Waals surface area contributed by atoms with E-state index in [0.29, 0.717) is 0 Å². The fourth-order valence-electron chi connectivity index (χ4n) is 2.59. The van der Waals surface area contributed by atoms with Crippen molar-refractivity contribution in [2.24, 2.45) is 0 Å². The molecule has 1 N–H and O–H groups in total. The summed E-state index contributed by atoms with van der Waals surface area (Å²) >= 11 is 0. The second-order valence-electron chi connectivity index (χ2n) is 5.04. The van der Waals surface area contributed by atoms with E-state index in [4.69, 9.17) is 0 Å². The number of rotatable bonds is 1. The monoisotopic (exact) mass is 245 g/mol. The number of hydrogen-bond acceptors (Lipinski definition) is 3. The van der Waals surface area contributed by atoms with Crippen LogP contribution < -0.4 is 0 Å². The molecule has 0 aromatic rings. The summed E-state index contributed by atoms with van der Waals surface area (Å²) in [5.74, 6) is 0. The number of β-amino-alcohol motifs (C(OH)–C–C–N with tert-alkyl or cyclic N) is 1. The van der Waals surface area contributed by atoms with Gasteiger partial charge in [-0.1, -0.05) is 25.8 Å². The number of hydrogen-bond donors (Lipinski definition) is 1. The lowest BCUT2D eigenvalue weighted by molar-refractivity contribution is 0.0847. The summed E-state index contributed by atoms with van der Waals surface area (Å²) in [6, 6.07) is 0.0597. The zero-order valence-electron chi connectivity index (χ0n) is 9.65. The van der Waals surface area contributed by atoms with Crippen molar-refractivity contribution in [2.75, 3.05) is 6.54 Å². The molecule has 1 saturated heterocycles. The minimum absolute atomic E-state index is 0.0504. The molecule has 4 nitrogen and oxygen atoms in total. The average molecular weight is 245 g/mol. The Balaban J connectivity index is 2.26. The highest BCUT2D eigenvalue weighted by atomic mass is 32.2. The van der Waals surface area contributed by atoms with E-state index in [1.54, 1.807) is 0 Å². The largest absolute Gasteiger partial charge is 0.383 e. The van der Waals surface area contributed by atoms with Crippen molar-refractivity contribution < 1.29 is 13.5 Å². The van der Waals surface area contributed by atoms with Crippen molar-refractivity contribution >= 4 is 10.0 Å². The quantitative estimate of drug-likeness (QED) is 0.756. The SMILES string of the molecule is C=C1C(C)(O)CN(C2CCCCC2)S1(=O)=O. The van der Waals surface area contributed by atoms with Crippen molar-refractivity contribution in [3.63, 3.8) is 0 Å². The van der Waals surface area contributed by atoms with Gasteiger partial charge in [0.1, 0.15) is 5.60 Å². The van der Waals surface area contributed by atoms with E-state index in [1.165, 1.54) is 17.6 Å². The molecular weight excluding hydrogens is 226 g/mol. The van der Waals surface area contributed by atoms with Crippen LogP contribution >= 0.6 is 0 Å². The Morgan fingerprint density at radius 3 is 2.38 bits per heavy atom. The number of nitrogens with zero attached hydrogens (tertiary/aromatic N) is 1. The third-order valence-corrected chi connectivity index (χ3v) is 5.77. The molecule has 1 atom stereocenters. The molecule has 5 heteroatoms. The van der Waals surface area contributed by atoms with Crippen LogP contribution in [0.5, 0.6) is 0 Å². The predicted molar refractivity (Wildman–Crippen MR) is 62.3 cm³/mol. The summed E-state index contributed by atoms with van der Waals surface area (Å²) in [5, 5.41) is 9.98. The molecule has 2 fully saturated rings. The molecule has 0 aromatic heterocycles. The normalized spacial score (nSPS) is 36.8.